The first-order valence-corrected chi connectivity index (χ1v) is 7.82. The standard InChI is InChI=1S/C16H16BrN3O4/c1-10-7-11(17)3-5-13(10)18-9-16(21)19-14-8-12(20(22)23)4-6-15(14)24-2/h3-8,18H,9H2,1-2H3,(H,19,21). The summed E-state index contributed by atoms with van der Waals surface area (Å²) in [6.45, 7) is 1.95. The first kappa shape index (κ1) is 17.7. The maximum Gasteiger partial charge on any atom is 0.271 e. The highest BCUT2D eigenvalue weighted by atomic mass is 79.9. The molecule has 7 nitrogen and oxygen atoms in total. The minimum absolute atomic E-state index is 0.0221. The van der Waals surface area contributed by atoms with E-state index in [2.05, 4.69) is 26.6 Å². The van der Waals surface area contributed by atoms with Gasteiger partial charge in [0.05, 0.1) is 24.3 Å². The van der Waals surface area contributed by atoms with Crippen molar-refractivity contribution in [1.29, 1.82) is 0 Å². The predicted molar refractivity (Wildman–Crippen MR) is 95.6 cm³/mol. The van der Waals surface area contributed by atoms with Crippen LogP contribution in [0.5, 0.6) is 5.75 Å². The molecule has 0 atom stereocenters. The molecule has 2 rings (SSSR count). The van der Waals surface area contributed by atoms with E-state index in [0.717, 1.165) is 15.7 Å². The van der Waals surface area contributed by atoms with Gasteiger partial charge in [0.15, 0.2) is 0 Å². The number of hydrogen-bond acceptors (Lipinski definition) is 5. The summed E-state index contributed by atoms with van der Waals surface area (Å²) >= 11 is 3.38. The van der Waals surface area contributed by atoms with Crippen LogP contribution >= 0.6 is 15.9 Å². The van der Waals surface area contributed by atoms with Gasteiger partial charge in [0.1, 0.15) is 5.75 Å². The lowest BCUT2D eigenvalue weighted by molar-refractivity contribution is -0.384. The summed E-state index contributed by atoms with van der Waals surface area (Å²) in [6.07, 6.45) is 0. The maximum absolute atomic E-state index is 12.1. The number of carbonyl (C=O) groups is 1. The van der Waals surface area contributed by atoms with Crippen LogP contribution in [-0.4, -0.2) is 24.5 Å². The van der Waals surface area contributed by atoms with Gasteiger partial charge >= 0.3 is 0 Å². The molecule has 126 valence electrons. The van der Waals surface area contributed by atoms with Crippen molar-refractivity contribution in [2.75, 3.05) is 24.3 Å². The van der Waals surface area contributed by atoms with E-state index in [9.17, 15) is 14.9 Å². The van der Waals surface area contributed by atoms with E-state index >= 15 is 0 Å². The van der Waals surface area contributed by atoms with E-state index in [4.69, 9.17) is 4.74 Å². The lowest BCUT2D eigenvalue weighted by Crippen LogP contribution is -2.22. The first-order valence-electron chi connectivity index (χ1n) is 7.03. The van der Waals surface area contributed by atoms with E-state index in [1.54, 1.807) is 0 Å². The zero-order valence-corrected chi connectivity index (χ0v) is 14.7. The van der Waals surface area contributed by atoms with Crippen LogP contribution in [0.1, 0.15) is 5.56 Å². The molecule has 2 aromatic rings. The zero-order chi connectivity index (χ0) is 17.7. The Balaban J connectivity index is 2.06. The fourth-order valence-electron chi connectivity index (χ4n) is 2.10. The van der Waals surface area contributed by atoms with Crippen LogP contribution in [-0.2, 0) is 4.79 Å². The minimum atomic E-state index is -0.529. The van der Waals surface area contributed by atoms with Crippen LogP contribution in [0.4, 0.5) is 17.1 Å². The average Bonchev–Trinajstić information content (AvgIpc) is 2.53. The molecule has 0 bridgehead atoms. The normalized spacial score (nSPS) is 10.1. The minimum Gasteiger partial charge on any atom is -0.495 e. The van der Waals surface area contributed by atoms with Crippen molar-refractivity contribution >= 4 is 38.9 Å². The number of benzene rings is 2. The quantitative estimate of drug-likeness (QED) is 0.575. The molecular weight excluding hydrogens is 378 g/mol. The Labute approximate surface area is 147 Å². The Bertz CT molecular complexity index is 780. The highest BCUT2D eigenvalue weighted by molar-refractivity contribution is 9.10. The van der Waals surface area contributed by atoms with Gasteiger partial charge in [-0.1, -0.05) is 15.9 Å². The lowest BCUT2D eigenvalue weighted by atomic mass is 10.2. The molecule has 0 heterocycles. The number of ether oxygens (including phenoxy) is 1. The summed E-state index contributed by atoms with van der Waals surface area (Å²) in [5, 5.41) is 16.5. The Morgan fingerprint density at radius 1 is 1.25 bits per heavy atom. The molecule has 8 heteroatoms. The highest BCUT2D eigenvalue weighted by Gasteiger charge is 2.13. The Kier molecular flexibility index (Phi) is 5.75. The van der Waals surface area contributed by atoms with Crippen molar-refractivity contribution < 1.29 is 14.5 Å². The number of nitrogens with one attached hydrogen (secondary N) is 2. The molecule has 0 fully saturated rings. The highest BCUT2D eigenvalue weighted by Crippen LogP contribution is 2.28. The molecule has 0 radical (unpaired) electrons. The fourth-order valence-corrected chi connectivity index (χ4v) is 2.58. The van der Waals surface area contributed by atoms with Crippen LogP contribution < -0.4 is 15.4 Å². The van der Waals surface area contributed by atoms with Gasteiger partial charge in [-0.25, -0.2) is 0 Å². The summed E-state index contributed by atoms with van der Waals surface area (Å²) in [7, 11) is 1.43. The van der Waals surface area contributed by atoms with Gasteiger partial charge in [0.2, 0.25) is 5.91 Å². The van der Waals surface area contributed by atoms with Crippen molar-refractivity contribution in [3.05, 3.63) is 56.5 Å². The summed E-state index contributed by atoms with van der Waals surface area (Å²) in [4.78, 5) is 22.4. The zero-order valence-electron chi connectivity index (χ0n) is 13.1. The molecular formula is C16H16BrN3O4. The second-order valence-corrected chi connectivity index (χ2v) is 5.92. The van der Waals surface area contributed by atoms with Crippen molar-refractivity contribution in [3.8, 4) is 5.75 Å². The number of hydrogen-bond donors (Lipinski definition) is 2. The number of non-ortho nitro benzene ring substituents is 1. The molecule has 0 spiro atoms. The molecule has 0 unspecified atom stereocenters. The maximum atomic E-state index is 12.1. The van der Waals surface area contributed by atoms with Crippen LogP contribution in [0.15, 0.2) is 40.9 Å². The molecule has 0 aromatic heterocycles. The number of nitrogens with zero attached hydrogens (tertiary/aromatic N) is 1. The Morgan fingerprint density at radius 3 is 2.62 bits per heavy atom. The third-order valence-electron chi connectivity index (χ3n) is 3.30. The first-order chi connectivity index (χ1) is 11.4. The summed E-state index contributed by atoms with van der Waals surface area (Å²) in [5.74, 6) is 0.0184. The van der Waals surface area contributed by atoms with E-state index < -0.39 is 4.92 Å². The van der Waals surface area contributed by atoms with Gasteiger partial charge < -0.3 is 15.4 Å². The topological polar surface area (TPSA) is 93.5 Å². The van der Waals surface area contributed by atoms with E-state index in [1.807, 2.05) is 25.1 Å². The average molecular weight is 394 g/mol. The monoisotopic (exact) mass is 393 g/mol. The SMILES string of the molecule is COc1ccc([N+](=O)[O-])cc1NC(=O)CNc1ccc(Br)cc1C. The Morgan fingerprint density at radius 2 is 2.00 bits per heavy atom. The number of rotatable bonds is 6. The van der Waals surface area contributed by atoms with Gasteiger partial charge in [0.25, 0.3) is 5.69 Å². The van der Waals surface area contributed by atoms with E-state index in [-0.39, 0.29) is 23.8 Å². The third-order valence-corrected chi connectivity index (χ3v) is 3.79. The summed E-state index contributed by atoms with van der Waals surface area (Å²) in [6, 6.07) is 9.70. The number of halogens is 1. The van der Waals surface area contributed by atoms with Crippen molar-refractivity contribution in [2.45, 2.75) is 6.92 Å². The van der Waals surface area contributed by atoms with Gasteiger partial charge in [-0.3, -0.25) is 14.9 Å². The number of methoxy groups -OCH3 is 1. The summed E-state index contributed by atoms with van der Waals surface area (Å²) in [5.41, 5.74) is 1.96. The van der Waals surface area contributed by atoms with Crippen LogP contribution in [0, 0.1) is 17.0 Å². The number of nitro benzene ring substituents is 1. The third kappa shape index (κ3) is 4.45. The van der Waals surface area contributed by atoms with Crippen molar-refractivity contribution in [1.82, 2.24) is 0 Å². The molecule has 0 aliphatic carbocycles. The largest absolute Gasteiger partial charge is 0.495 e. The van der Waals surface area contributed by atoms with Crippen molar-refractivity contribution in [3.63, 3.8) is 0 Å². The number of carbonyl (C=O) groups excluding carboxylic acids is 1. The number of amides is 1. The van der Waals surface area contributed by atoms with Gasteiger partial charge in [-0.2, -0.15) is 0 Å². The molecule has 0 aliphatic rings. The smallest absolute Gasteiger partial charge is 0.271 e. The number of anilines is 2. The Hall–Kier alpha value is -2.61. The molecule has 1 amide bonds. The molecule has 0 saturated heterocycles. The second-order valence-electron chi connectivity index (χ2n) is 5.00. The molecule has 24 heavy (non-hydrogen) atoms. The van der Waals surface area contributed by atoms with Gasteiger partial charge in [-0.05, 0) is 36.8 Å². The fraction of sp³-hybridized carbons (Fsp3) is 0.188. The van der Waals surface area contributed by atoms with Gasteiger partial charge in [0, 0.05) is 22.3 Å². The number of nitro groups is 1. The molecule has 0 saturated carbocycles. The molecule has 2 N–H and O–H groups in total. The van der Waals surface area contributed by atoms with Crippen LogP contribution in [0.3, 0.4) is 0 Å². The van der Waals surface area contributed by atoms with Crippen LogP contribution in [0.25, 0.3) is 0 Å². The van der Waals surface area contributed by atoms with Crippen LogP contribution in [0.2, 0.25) is 0 Å². The molecule has 2 aromatic carbocycles. The van der Waals surface area contributed by atoms with Crippen molar-refractivity contribution in [2.24, 2.45) is 0 Å². The molecule has 0 aliphatic heterocycles. The predicted octanol–water partition coefficient (Wildman–Crippen LogP) is 3.72. The van der Waals surface area contributed by atoms with E-state index in [0.29, 0.717) is 5.75 Å². The summed E-state index contributed by atoms with van der Waals surface area (Å²) < 4.78 is 6.07. The lowest BCUT2D eigenvalue weighted by Gasteiger charge is -2.12. The van der Waals surface area contributed by atoms with Gasteiger partial charge in [-0.15, -0.1) is 0 Å². The number of aryl methyl sites for hydroxylation is 1. The van der Waals surface area contributed by atoms with E-state index in [1.165, 1.54) is 25.3 Å². The second kappa shape index (κ2) is 7.78.